The van der Waals surface area contributed by atoms with Crippen LogP contribution in [0.5, 0.6) is 0 Å². The fourth-order valence-electron chi connectivity index (χ4n) is 3.39. The van der Waals surface area contributed by atoms with Crippen LogP contribution in [0.2, 0.25) is 0 Å². The summed E-state index contributed by atoms with van der Waals surface area (Å²) in [6, 6.07) is 3.50. The molecule has 1 amide bonds. The summed E-state index contributed by atoms with van der Waals surface area (Å²) in [4.78, 5) is 31.1. The number of fused-ring (bicyclic) bond motifs is 1. The average molecular weight is 344 g/mol. The monoisotopic (exact) mass is 344 g/mol. The van der Waals surface area contributed by atoms with Crippen molar-refractivity contribution < 1.29 is 14.3 Å². The Morgan fingerprint density at radius 3 is 2.84 bits per heavy atom. The minimum atomic E-state index is -0.252. The first kappa shape index (κ1) is 17.4. The Balaban J connectivity index is 1.85. The Kier molecular flexibility index (Phi) is 5.01. The maximum Gasteiger partial charge on any atom is 0.307 e. The highest BCUT2D eigenvalue weighted by Gasteiger charge is 2.30. The van der Waals surface area contributed by atoms with Gasteiger partial charge in [0.2, 0.25) is 0 Å². The molecule has 1 saturated heterocycles. The van der Waals surface area contributed by atoms with E-state index >= 15 is 0 Å². The van der Waals surface area contributed by atoms with Crippen LogP contribution in [0.4, 0.5) is 0 Å². The van der Waals surface area contributed by atoms with Gasteiger partial charge >= 0.3 is 5.97 Å². The SMILES string of the molecule is CCOC(=O)C[C@@H]1CCCCN1C(=O)c1cc(C)n2nc(C)cc2n1. The highest BCUT2D eigenvalue weighted by Crippen LogP contribution is 2.22. The summed E-state index contributed by atoms with van der Waals surface area (Å²) in [7, 11) is 0. The number of aryl methyl sites for hydroxylation is 2. The van der Waals surface area contributed by atoms with Crippen molar-refractivity contribution in [3.8, 4) is 0 Å². The van der Waals surface area contributed by atoms with E-state index in [0.29, 0.717) is 24.5 Å². The number of nitrogens with zero attached hydrogens (tertiary/aromatic N) is 4. The van der Waals surface area contributed by atoms with Crippen molar-refractivity contribution in [1.29, 1.82) is 0 Å². The molecule has 0 saturated carbocycles. The number of carbonyl (C=O) groups excluding carboxylic acids is 2. The van der Waals surface area contributed by atoms with Crippen LogP contribution in [0.1, 0.15) is 54.5 Å². The summed E-state index contributed by atoms with van der Waals surface area (Å²) >= 11 is 0. The molecule has 1 aliphatic rings. The lowest BCUT2D eigenvalue weighted by Crippen LogP contribution is -2.45. The number of aromatic nitrogens is 3. The molecule has 1 aliphatic heterocycles. The van der Waals surface area contributed by atoms with Gasteiger partial charge in [-0.05, 0) is 46.1 Å². The topological polar surface area (TPSA) is 76.8 Å². The van der Waals surface area contributed by atoms with Gasteiger partial charge in [0.05, 0.1) is 18.7 Å². The number of likely N-dealkylation sites (tertiary alicyclic amines) is 1. The quantitative estimate of drug-likeness (QED) is 0.796. The third-order valence-electron chi connectivity index (χ3n) is 4.54. The number of ether oxygens (including phenoxy) is 1. The van der Waals surface area contributed by atoms with Gasteiger partial charge in [-0.15, -0.1) is 0 Å². The Labute approximate surface area is 147 Å². The number of esters is 1. The van der Waals surface area contributed by atoms with E-state index in [-0.39, 0.29) is 24.3 Å². The van der Waals surface area contributed by atoms with Gasteiger partial charge in [-0.3, -0.25) is 9.59 Å². The van der Waals surface area contributed by atoms with Gasteiger partial charge in [-0.25, -0.2) is 9.50 Å². The standard InChI is InChI=1S/C18H24N4O3/c1-4-25-17(23)11-14-7-5-6-8-21(14)18(24)15-10-13(3)22-16(19-15)9-12(2)20-22/h9-10,14H,4-8,11H2,1-3H3/t14-/m0/s1. The number of hydrogen-bond donors (Lipinski definition) is 0. The molecule has 0 N–H and O–H groups in total. The second kappa shape index (κ2) is 7.21. The molecule has 7 nitrogen and oxygen atoms in total. The first-order valence-corrected chi connectivity index (χ1v) is 8.80. The van der Waals surface area contributed by atoms with Gasteiger partial charge in [0.15, 0.2) is 5.65 Å². The van der Waals surface area contributed by atoms with E-state index in [4.69, 9.17) is 4.74 Å². The summed E-state index contributed by atoms with van der Waals surface area (Å²) in [6.07, 6.45) is 3.02. The van der Waals surface area contributed by atoms with E-state index in [1.807, 2.05) is 19.9 Å². The molecule has 134 valence electrons. The van der Waals surface area contributed by atoms with Crippen LogP contribution in [0, 0.1) is 13.8 Å². The van der Waals surface area contributed by atoms with Crippen molar-refractivity contribution in [2.24, 2.45) is 0 Å². The van der Waals surface area contributed by atoms with E-state index in [1.165, 1.54) is 0 Å². The molecule has 0 aromatic carbocycles. The molecule has 0 unspecified atom stereocenters. The van der Waals surface area contributed by atoms with Gasteiger partial charge in [0.1, 0.15) is 5.69 Å². The lowest BCUT2D eigenvalue weighted by Gasteiger charge is -2.35. The summed E-state index contributed by atoms with van der Waals surface area (Å²) in [6.45, 7) is 6.60. The summed E-state index contributed by atoms with van der Waals surface area (Å²) < 4.78 is 6.79. The summed E-state index contributed by atoms with van der Waals surface area (Å²) in [5.74, 6) is -0.378. The smallest absolute Gasteiger partial charge is 0.307 e. The summed E-state index contributed by atoms with van der Waals surface area (Å²) in [5, 5.41) is 4.37. The maximum absolute atomic E-state index is 13.0. The zero-order chi connectivity index (χ0) is 18.0. The number of carbonyl (C=O) groups is 2. The molecular weight excluding hydrogens is 320 g/mol. The molecule has 0 spiro atoms. The van der Waals surface area contributed by atoms with Gasteiger partial charge < -0.3 is 9.64 Å². The number of hydrogen-bond acceptors (Lipinski definition) is 5. The normalized spacial score (nSPS) is 17.7. The minimum absolute atomic E-state index is 0.120. The van der Waals surface area contributed by atoms with Crippen LogP contribution in [0.25, 0.3) is 5.65 Å². The van der Waals surface area contributed by atoms with Crippen LogP contribution in [-0.2, 0) is 9.53 Å². The third kappa shape index (κ3) is 3.65. The Morgan fingerprint density at radius 1 is 1.28 bits per heavy atom. The Bertz CT molecular complexity index is 799. The van der Waals surface area contributed by atoms with Crippen LogP contribution in [0.15, 0.2) is 12.1 Å². The van der Waals surface area contributed by atoms with Crippen molar-refractivity contribution >= 4 is 17.5 Å². The van der Waals surface area contributed by atoms with Gasteiger partial charge in [-0.2, -0.15) is 5.10 Å². The van der Waals surface area contributed by atoms with Crippen molar-refractivity contribution in [3.63, 3.8) is 0 Å². The van der Waals surface area contributed by atoms with E-state index in [0.717, 1.165) is 30.7 Å². The maximum atomic E-state index is 13.0. The Morgan fingerprint density at radius 2 is 2.08 bits per heavy atom. The van der Waals surface area contributed by atoms with E-state index in [9.17, 15) is 9.59 Å². The second-order valence-electron chi connectivity index (χ2n) is 6.50. The molecule has 0 aliphatic carbocycles. The molecule has 7 heteroatoms. The zero-order valence-electron chi connectivity index (χ0n) is 15.0. The number of amides is 1. The van der Waals surface area contributed by atoms with E-state index in [1.54, 1.807) is 22.4 Å². The predicted octanol–water partition coefficient (Wildman–Crippen LogP) is 2.29. The average Bonchev–Trinajstić information content (AvgIpc) is 2.96. The van der Waals surface area contributed by atoms with Gasteiger partial charge in [-0.1, -0.05) is 0 Å². The number of piperidine rings is 1. The molecule has 1 fully saturated rings. The van der Waals surface area contributed by atoms with Crippen molar-refractivity contribution in [1.82, 2.24) is 19.5 Å². The van der Waals surface area contributed by atoms with Gasteiger partial charge in [0.25, 0.3) is 5.91 Å². The highest BCUT2D eigenvalue weighted by molar-refractivity contribution is 5.93. The molecule has 0 radical (unpaired) electrons. The first-order chi connectivity index (χ1) is 12.0. The molecule has 2 aromatic rings. The predicted molar refractivity (Wildman–Crippen MR) is 92.4 cm³/mol. The van der Waals surface area contributed by atoms with Crippen LogP contribution in [-0.4, -0.2) is 50.6 Å². The van der Waals surface area contributed by atoms with Crippen molar-refractivity contribution in [2.45, 2.75) is 52.5 Å². The summed E-state index contributed by atoms with van der Waals surface area (Å²) in [5.41, 5.74) is 2.79. The first-order valence-electron chi connectivity index (χ1n) is 8.80. The highest BCUT2D eigenvalue weighted by atomic mass is 16.5. The molecule has 25 heavy (non-hydrogen) atoms. The fourth-order valence-corrected chi connectivity index (χ4v) is 3.39. The zero-order valence-corrected chi connectivity index (χ0v) is 15.0. The van der Waals surface area contributed by atoms with Crippen LogP contribution < -0.4 is 0 Å². The molecule has 3 heterocycles. The third-order valence-corrected chi connectivity index (χ3v) is 4.54. The molecule has 2 aromatic heterocycles. The second-order valence-corrected chi connectivity index (χ2v) is 6.50. The van der Waals surface area contributed by atoms with Crippen LogP contribution >= 0.6 is 0 Å². The number of rotatable bonds is 4. The van der Waals surface area contributed by atoms with Gasteiger partial charge in [0, 0.05) is 24.3 Å². The minimum Gasteiger partial charge on any atom is -0.466 e. The fraction of sp³-hybridized carbons (Fsp3) is 0.556. The van der Waals surface area contributed by atoms with Crippen molar-refractivity contribution in [2.75, 3.05) is 13.2 Å². The van der Waals surface area contributed by atoms with E-state index < -0.39 is 0 Å². The molecule has 1 atom stereocenters. The molecular formula is C18H24N4O3. The van der Waals surface area contributed by atoms with Crippen molar-refractivity contribution in [3.05, 3.63) is 29.2 Å². The van der Waals surface area contributed by atoms with Crippen LogP contribution in [0.3, 0.4) is 0 Å². The lowest BCUT2D eigenvalue weighted by molar-refractivity contribution is -0.144. The molecule has 0 bridgehead atoms. The molecule has 3 rings (SSSR count). The van der Waals surface area contributed by atoms with E-state index in [2.05, 4.69) is 10.1 Å². The largest absolute Gasteiger partial charge is 0.466 e. The lowest BCUT2D eigenvalue weighted by atomic mass is 9.99. The Hall–Kier alpha value is -2.44.